The molecule has 1 saturated carbocycles. The van der Waals surface area contributed by atoms with Gasteiger partial charge in [-0.1, -0.05) is 31.4 Å². The molecule has 2 aromatic carbocycles. The third-order valence-corrected chi connectivity index (χ3v) is 5.55. The Labute approximate surface area is 165 Å². The molecule has 0 unspecified atom stereocenters. The minimum absolute atomic E-state index is 0.239. The predicted octanol–water partition coefficient (Wildman–Crippen LogP) is 4.53. The molecule has 1 atom stereocenters. The Morgan fingerprint density at radius 1 is 1.04 bits per heavy atom. The molecule has 1 aromatic heterocycles. The van der Waals surface area contributed by atoms with E-state index in [0.29, 0.717) is 12.5 Å². The third kappa shape index (κ3) is 4.14. The molecular weight excluding hydrogens is 352 g/mol. The summed E-state index contributed by atoms with van der Waals surface area (Å²) in [6.45, 7) is 0.728. The van der Waals surface area contributed by atoms with Gasteiger partial charge in [0.05, 0.1) is 24.7 Å². The largest absolute Gasteiger partial charge is 0.497 e. The number of aromatic nitrogens is 2. The van der Waals surface area contributed by atoms with Gasteiger partial charge in [-0.05, 0) is 49.2 Å². The van der Waals surface area contributed by atoms with Crippen LogP contribution in [0, 0.1) is 0 Å². The van der Waals surface area contributed by atoms with Crippen molar-refractivity contribution in [3.8, 4) is 11.5 Å². The average molecular weight is 380 g/mol. The average Bonchev–Trinajstić information content (AvgIpc) is 3.12. The number of benzene rings is 2. The van der Waals surface area contributed by atoms with Crippen LogP contribution in [0.1, 0.15) is 43.8 Å². The minimum atomic E-state index is -0.609. The molecule has 4 rings (SSSR count). The number of ether oxygens (including phenoxy) is 2. The molecule has 3 aromatic rings. The van der Waals surface area contributed by atoms with Gasteiger partial charge in [-0.2, -0.15) is 0 Å². The maximum absolute atomic E-state index is 10.7. The normalized spacial score (nSPS) is 16.2. The number of nitrogens with zero attached hydrogens (tertiary/aromatic N) is 2. The lowest BCUT2D eigenvalue weighted by Gasteiger charge is -2.23. The molecule has 0 bridgehead atoms. The quantitative estimate of drug-likeness (QED) is 0.654. The van der Waals surface area contributed by atoms with Gasteiger partial charge in [-0.3, -0.25) is 0 Å². The molecule has 1 aliphatic rings. The van der Waals surface area contributed by atoms with E-state index in [-0.39, 0.29) is 6.61 Å². The highest BCUT2D eigenvalue weighted by molar-refractivity contribution is 5.76. The molecule has 0 aliphatic heterocycles. The van der Waals surface area contributed by atoms with Gasteiger partial charge in [0.1, 0.15) is 30.0 Å². The monoisotopic (exact) mass is 380 g/mol. The molecule has 1 aliphatic carbocycles. The zero-order valence-corrected chi connectivity index (χ0v) is 16.4. The van der Waals surface area contributed by atoms with E-state index in [9.17, 15) is 5.11 Å². The molecule has 0 saturated heterocycles. The van der Waals surface area contributed by atoms with Gasteiger partial charge in [0.15, 0.2) is 0 Å². The summed E-state index contributed by atoms with van der Waals surface area (Å²) < 4.78 is 13.1. The van der Waals surface area contributed by atoms with E-state index in [4.69, 9.17) is 14.5 Å². The van der Waals surface area contributed by atoms with Gasteiger partial charge < -0.3 is 19.1 Å². The smallest absolute Gasteiger partial charge is 0.119 e. The van der Waals surface area contributed by atoms with Crippen LogP contribution in [-0.4, -0.2) is 34.5 Å². The van der Waals surface area contributed by atoms with Crippen LogP contribution in [0.15, 0.2) is 48.5 Å². The molecule has 1 fully saturated rings. The van der Waals surface area contributed by atoms with Crippen molar-refractivity contribution in [2.45, 2.75) is 50.7 Å². The Kier molecular flexibility index (Phi) is 5.81. The number of para-hydroxylation sites is 2. The van der Waals surface area contributed by atoms with E-state index in [1.54, 1.807) is 7.11 Å². The Morgan fingerprint density at radius 3 is 2.50 bits per heavy atom. The molecule has 0 spiro atoms. The van der Waals surface area contributed by atoms with Crippen molar-refractivity contribution in [2.75, 3.05) is 13.7 Å². The van der Waals surface area contributed by atoms with Gasteiger partial charge in [-0.25, -0.2) is 4.98 Å². The molecule has 1 heterocycles. The van der Waals surface area contributed by atoms with Crippen LogP contribution in [0.25, 0.3) is 11.0 Å². The molecule has 148 valence electrons. The first-order valence-corrected chi connectivity index (χ1v) is 10.1. The number of aliphatic hydroxyl groups excluding tert-OH is 1. The fourth-order valence-corrected chi connectivity index (χ4v) is 4.09. The van der Waals surface area contributed by atoms with E-state index < -0.39 is 6.10 Å². The zero-order chi connectivity index (χ0) is 19.3. The van der Waals surface area contributed by atoms with Crippen molar-refractivity contribution in [1.29, 1.82) is 0 Å². The van der Waals surface area contributed by atoms with Crippen molar-refractivity contribution >= 4 is 11.0 Å². The lowest BCUT2D eigenvalue weighted by molar-refractivity contribution is 0.0922. The molecule has 5 heteroatoms. The number of imidazole rings is 1. The molecule has 5 nitrogen and oxygen atoms in total. The molecule has 1 N–H and O–H groups in total. The van der Waals surface area contributed by atoms with Crippen LogP contribution in [-0.2, 0) is 6.54 Å². The summed E-state index contributed by atoms with van der Waals surface area (Å²) in [5, 5.41) is 10.7. The lowest BCUT2D eigenvalue weighted by atomic mass is 9.88. The Morgan fingerprint density at radius 2 is 1.75 bits per heavy atom. The van der Waals surface area contributed by atoms with Gasteiger partial charge >= 0.3 is 0 Å². The van der Waals surface area contributed by atoms with Crippen molar-refractivity contribution in [1.82, 2.24) is 9.55 Å². The third-order valence-electron chi connectivity index (χ3n) is 5.55. The van der Waals surface area contributed by atoms with E-state index in [0.717, 1.165) is 28.4 Å². The van der Waals surface area contributed by atoms with Crippen molar-refractivity contribution in [3.05, 3.63) is 54.4 Å². The van der Waals surface area contributed by atoms with Crippen LogP contribution in [0.3, 0.4) is 0 Å². The topological polar surface area (TPSA) is 56.5 Å². The lowest BCUT2D eigenvalue weighted by Crippen LogP contribution is -2.25. The summed E-state index contributed by atoms with van der Waals surface area (Å²) in [6, 6.07) is 15.6. The standard InChI is InChI=1S/C23H28N2O3/c1-27-19-11-13-20(14-12-19)28-16-18(26)15-25-22-10-6-5-9-21(22)24-23(25)17-7-3-2-4-8-17/h5-6,9-14,17-18,26H,2-4,7-8,15-16H2,1H3/t18-/m0/s1. The number of aliphatic hydroxyl groups is 1. The van der Waals surface area contributed by atoms with Crippen molar-refractivity contribution < 1.29 is 14.6 Å². The van der Waals surface area contributed by atoms with E-state index >= 15 is 0 Å². The first kappa shape index (κ1) is 18.8. The maximum atomic E-state index is 10.7. The molecule has 0 radical (unpaired) electrons. The van der Waals surface area contributed by atoms with Crippen LogP contribution in [0.5, 0.6) is 11.5 Å². The predicted molar refractivity (Wildman–Crippen MR) is 110 cm³/mol. The van der Waals surface area contributed by atoms with Gasteiger partial charge in [-0.15, -0.1) is 0 Å². The SMILES string of the molecule is COc1ccc(OC[C@@H](O)Cn2c(C3CCCCC3)nc3ccccc32)cc1. The van der Waals surface area contributed by atoms with Gasteiger partial charge in [0.2, 0.25) is 0 Å². The summed E-state index contributed by atoms with van der Waals surface area (Å²) in [6.07, 6.45) is 5.59. The van der Waals surface area contributed by atoms with Crippen molar-refractivity contribution in [2.24, 2.45) is 0 Å². The minimum Gasteiger partial charge on any atom is -0.497 e. The van der Waals surface area contributed by atoms with Crippen LogP contribution >= 0.6 is 0 Å². The second-order valence-electron chi connectivity index (χ2n) is 7.54. The summed E-state index contributed by atoms with van der Waals surface area (Å²) in [5.74, 6) is 3.11. The molecule has 28 heavy (non-hydrogen) atoms. The number of hydrogen-bond acceptors (Lipinski definition) is 4. The van der Waals surface area contributed by atoms with Gasteiger partial charge in [0.25, 0.3) is 0 Å². The van der Waals surface area contributed by atoms with E-state index in [2.05, 4.69) is 16.7 Å². The Hall–Kier alpha value is -2.53. The highest BCUT2D eigenvalue weighted by Gasteiger charge is 2.23. The van der Waals surface area contributed by atoms with E-state index in [1.807, 2.05) is 36.4 Å². The van der Waals surface area contributed by atoms with Crippen LogP contribution in [0.2, 0.25) is 0 Å². The summed E-state index contributed by atoms with van der Waals surface area (Å²) >= 11 is 0. The second kappa shape index (κ2) is 8.65. The maximum Gasteiger partial charge on any atom is 0.119 e. The second-order valence-corrected chi connectivity index (χ2v) is 7.54. The number of methoxy groups -OCH3 is 1. The summed E-state index contributed by atoms with van der Waals surface area (Å²) in [5.41, 5.74) is 2.10. The number of fused-ring (bicyclic) bond motifs is 1. The highest BCUT2D eigenvalue weighted by atomic mass is 16.5. The summed E-state index contributed by atoms with van der Waals surface area (Å²) in [4.78, 5) is 4.92. The number of hydrogen-bond donors (Lipinski definition) is 1. The fraction of sp³-hybridized carbons (Fsp3) is 0.435. The summed E-state index contributed by atoms with van der Waals surface area (Å²) in [7, 11) is 1.64. The van der Waals surface area contributed by atoms with Crippen molar-refractivity contribution in [3.63, 3.8) is 0 Å². The highest BCUT2D eigenvalue weighted by Crippen LogP contribution is 2.34. The van der Waals surface area contributed by atoms with E-state index in [1.165, 1.54) is 32.1 Å². The fourth-order valence-electron chi connectivity index (χ4n) is 4.09. The zero-order valence-electron chi connectivity index (χ0n) is 16.4. The van der Waals surface area contributed by atoms with Crippen LogP contribution < -0.4 is 9.47 Å². The number of rotatable bonds is 7. The van der Waals surface area contributed by atoms with Gasteiger partial charge in [0, 0.05) is 5.92 Å². The first-order chi connectivity index (χ1) is 13.7. The molecule has 0 amide bonds. The first-order valence-electron chi connectivity index (χ1n) is 10.1. The van der Waals surface area contributed by atoms with Crippen LogP contribution in [0.4, 0.5) is 0 Å². The Bertz CT molecular complexity index is 898. The Balaban J connectivity index is 1.49. The molecular formula is C23H28N2O3.